The predicted octanol–water partition coefficient (Wildman–Crippen LogP) is 0.797. The van der Waals surface area contributed by atoms with Crippen LogP contribution in [0.15, 0.2) is 12.4 Å². The van der Waals surface area contributed by atoms with Crippen LogP contribution in [0, 0.1) is 0 Å². The molecule has 0 unspecified atom stereocenters. The van der Waals surface area contributed by atoms with Gasteiger partial charge in [-0.1, -0.05) is 19.8 Å². The van der Waals surface area contributed by atoms with E-state index in [1.54, 1.807) is 24.0 Å². The number of aromatic nitrogens is 2. The molecular weight excluding hydrogens is 204 g/mol. The molecule has 0 amide bonds. The van der Waals surface area contributed by atoms with Crippen LogP contribution in [0.4, 0.5) is 0 Å². The maximum atomic E-state index is 12.0. The summed E-state index contributed by atoms with van der Waals surface area (Å²) < 4.78 is 1.64. The Balaban J connectivity index is 2.68. The number of Topliss-reactive ketones (excluding diaryl/α,β-unsaturated/α-hetero) is 1. The van der Waals surface area contributed by atoms with Gasteiger partial charge in [-0.15, -0.1) is 0 Å². The highest BCUT2D eigenvalue weighted by molar-refractivity contribution is 5.99. The topological polar surface area (TPSA) is 86.9 Å². The summed E-state index contributed by atoms with van der Waals surface area (Å²) in [5.74, 6) is 0.0256. The number of imidazole rings is 1. The van der Waals surface area contributed by atoms with Crippen LogP contribution in [0.3, 0.4) is 0 Å². The number of carbonyl (C=O) groups is 1. The highest BCUT2D eigenvalue weighted by Gasteiger charge is 2.31. The summed E-state index contributed by atoms with van der Waals surface area (Å²) in [5.41, 5.74) is 10.4. The van der Waals surface area contributed by atoms with E-state index in [1.165, 1.54) is 0 Å². The van der Waals surface area contributed by atoms with Gasteiger partial charge in [-0.3, -0.25) is 4.79 Å². The summed E-state index contributed by atoms with van der Waals surface area (Å²) in [6, 6.07) is 0. The molecule has 4 N–H and O–H groups in total. The van der Waals surface area contributed by atoms with Crippen LogP contribution in [0.1, 0.15) is 43.2 Å². The molecule has 0 aromatic carbocycles. The first-order valence-electron chi connectivity index (χ1n) is 5.59. The number of carbonyl (C=O) groups excluding carboxylic acids is 1. The van der Waals surface area contributed by atoms with Gasteiger partial charge in [0, 0.05) is 19.4 Å². The number of nitrogens with zero attached hydrogens (tertiary/aromatic N) is 2. The van der Waals surface area contributed by atoms with Gasteiger partial charge in [0.1, 0.15) is 5.66 Å². The number of rotatable bonds is 6. The lowest BCUT2D eigenvalue weighted by Gasteiger charge is -2.22. The summed E-state index contributed by atoms with van der Waals surface area (Å²) >= 11 is 0. The molecule has 0 saturated carbocycles. The lowest BCUT2D eigenvalue weighted by Crippen LogP contribution is -2.56. The van der Waals surface area contributed by atoms with Crippen LogP contribution in [0.2, 0.25) is 0 Å². The minimum absolute atomic E-state index is 0.295. The minimum Gasteiger partial charge on any atom is -0.331 e. The monoisotopic (exact) mass is 224 g/mol. The van der Waals surface area contributed by atoms with Crippen molar-refractivity contribution in [1.82, 2.24) is 9.55 Å². The van der Waals surface area contributed by atoms with E-state index in [0.29, 0.717) is 12.2 Å². The SMILES string of the molecule is CCCCCC(N)(N)C(=O)c1nccn1C. The third kappa shape index (κ3) is 2.90. The third-order valence-corrected chi connectivity index (χ3v) is 2.64. The zero-order chi connectivity index (χ0) is 12.2. The largest absolute Gasteiger partial charge is 0.331 e. The Morgan fingerprint density at radius 2 is 2.19 bits per heavy atom. The van der Waals surface area contributed by atoms with Gasteiger partial charge in [0.05, 0.1) is 0 Å². The Bertz CT molecular complexity index is 357. The van der Waals surface area contributed by atoms with Gasteiger partial charge in [-0.25, -0.2) is 4.98 Å². The van der Waals surface area contributed by atoms with Crippen molar-refractivity contribution in [3.63, 3.8) is 0 Å². The molecule has 1 heterocycles. The molecule has 0 spiro atoms. The molecule has 0 saturated heterocycles. The van der Waals surface area contributed by atoms with E-state index >= 15 is 0 Å². The van der Waals surface area contributed by atoms with Gasteiger partial charge in [0.2, 0.25) is 5.78 Å². The number of ketones is 1. The quantitative estimate of drug-likeness (QED) is 0.425. The van der Waals surface area contributed by atoms with Gasteiger partial charge in [-0.2, -0.15) is 0 Å². The first-order chi connectivity index (χ1) is 7.49. The van der Waals surface area contributed by atoms with Crippen molar-refractivity contribution in [2.75, 3.05) is 0 Å². The maximum absolute atomic E-state index is 12.0. The number of hydrogen-bond acceptors (Lipinski definition) is 4. The summed E-state index contributed by atoms with van der Waals surface area (Å²) in [6.07, 6.45) is 6.73. The molecule has 1 rings (SSSR count). The molecule has 0 aliphatic heterocycles. The van der Waals surface area contributed by atoms with E-state index in [-0.39, 0.29) is 5.78 Å². The predicted molar refractivity (Wildman–Crippen MR) is 62.8 cm³/mol. The second kappa shape index (κ2) is 5.23. The van der Waals surface area contributed by atoms with Crippen LogP contribution in [-0.4, -0.2) is 21.0 Å². The van der Waals surface area contributed by atoms with E-state index in [4.69, 9.17) is 11.5 Å². The highest BCUT2D eigenvalue weighted by Crippen LogP contribution is 2.12. The zero-order valence-corrected chi connectivity index (χ0v) is 9.94. The molecule has 0 aliphatic carbocycles. The van der Waals surface area contributed by atoms with Gasteiger partial charge < -0.3 is 16.0 Å². The molecule has 16 heavy (non-hydrogen) atoms. The van der Waals surface area contributed by atoms with E-state index in [9.17, 15) is 4.79 Å². The molecule has 5 heteroatoms. The summed E-state index contributed by atoms with van der Waals surface area (Å²) in [5, 5.41) is 0. The normalized spacial score (nSPS) is 11.8. The molecular formula is C11H20N4O. The van der Waals surface area contributed by atoms with E-state index in [0.717, 1.165) is 19.3 Å². The van der Waals surface area contributed by atoms with Crippen molar-refractivity contribution in [3.05, 3.63) is 18.2 Å². The molecule has 0 radical (unpaired) electrons. The molecule has 5 nitrogen and oxygen atoms in total. The maximum Gasteiger partial charge on any atom is 0.232 e. The number of nitrogens with two attached hydrogens (primary N) is 2. The lowest BCUT2D eigenvalue weighted by atomic mass is 9.98. The average Bonchev–Trinajstić information content (AvgIpc) is 2.63. The third-order valence-electron chi connectivity index (χ3n) is 2.64. The second-order valence-corrected chi connectivity index (χ2v) is 4.19. The van der Waals surface area contributed by atoms with Crippen LogP contribution in [0.25, 0.3) is 0 Å². The number of unbranched alkanes of at least 4 members (excludes halogenated alkanes) is 2. The first kappa shape index (κ1) is 12.9. The van der Waals surface area contributed by atoms with Crippen molar-refractivity contribution in [2.24, 2.45) is 18.5 Å². The van der Waals surface area contributed by atoms with Crippen molar-refractivity contribution < 1.29 is 4.79 Å². The minimum atomic E-state index is -1.30. The molecule has 0 fully saturated rings. The van der Waals surface area contributed by atoms with Gasteiger partial charge >= 0.3 is 0 Å². The van der Waals surface area contributed by atoms with Gasteiger partial charge in [0.15, 0.2) is 5.82 Å². The Morgan fingerprint density at radius 3 is 2.69 bits per heavy atom. The van der Waals surface area contributed by atoms with Crippen molar-refractivity contribution >= 4 is 5.78 Å². The fourth-order valence-electron chi connectivity index (χ4n) is 1.57. The average molecular weight is 224 g/mol. The molecule has 1 aromatic rings. The van der Waals surface area contributed by atoms with Crippen molar-refractivity contribution in [2.45, 2.75) is 38.3 Å². The smallest absolute Gasteiger partial charge is 0.232 e. The van der Waals surface area contributed by atoms with Crippen molar-refractivity contribution in [3.8, 4) is 0 Å². The number of hydrogen-bond donors (Lipinski definition) is 2. The summed E-state index contributed by atoms with van der Waals surface area (Å²) in [4.78, 5) is 16.0. The van der Waals surface area contributed by atoms with Crippen molar-refractivity contribution in [1.29, 1.82) is 0 Å². The zero-order valence-electron chi connectivity index (χ0n) is 9.94. The van der Waals surface area contributed by atoms with Crippen LogP contribution in [-0.2, 0) is 7.05 Å². The van der Waals surface area contributed by atoms with E-state index in [2.05, 4.69) is 11.9 Å². The molecule has 0 atom stereocenters. The van der Waals surface area contributed by atoms with E-state index < -0.39 is 5.66 Å². The highest BCUT2D eigenvalue weighted by atomic mass is 16.1. The summed E-state index contributed by atoms with van der Waals surface area (Å²) in [7, 11) is 1.75. The fourth-order valence-corrected chi connectivity index (χ4v) is 1.57. The first-order valence-corrected chi connectivity index (χ1v) is 5.59. The van der Waals surface area contributed by atoms with E-state index in [1.807, 2.05) is 0 Å². The lowest BCUT2D eigenvalue weighted by molar-refractivity contribution is 0.0867. The second-order valence-electron chi connectivity index (χ2n) is 4.19. The number of aryl methyl sites for hydroxylation is 1. The fraction of sp³-hybridized carbons (Fsp3) is 0.636. The Hall–Kier alpha value is -1.20. The van der Waals surface area contributed by atoms with Crippen LogP contribution < -0.4 is 11.5 Å². The molecule has 1 aromatic heterocycles. The van der Waals surface area contributed by atoms with Crippen LogP contribution in [0.5, 0.6) is 0 Å². The van der Waals surface area contributed by atoms with Crippen LogP contribution >= 0.6 is 0 Å². The Kier molecular flexibility index (Phi) is 4.20. The molecule has 0 aliphatic rings. The standard InChI is InChI=1S/C11H20N4O/c1-3-4-5-6-11(12,13)9(16)10-14-7-8-15(10)2/h7-8H,3-6,12-13H2,1-2H3. The summed E-state index contributed by atoms with van der Waals surface area (Å²) in [6.45, 7) is 2.09. The molecule has 0 bridgehead atoms. The van der Waals surface area contributed by atoms with Gasteiger partial charge in [-0.05, 0) is 12.8 Å². The Morgan fingerprint density at radius 1 is 1.50 bits per heavy atom. The van der Waals surface area contributed by atoms with Gasteiger partial charge in [0.25, 0.3) is 0 Å². The Labute approximate surface area is 95.8 Å². The molecule has 90 valence electrons.